The van der Waals surface area contributed by atoms with E-state index < -0.39 is 12.1 Å². The number of amides is 1. The van der Waals surface area contributed by atoms with Gasteiger partial charge in [0, 0.05) is 24.1 Å². The summed E-state index contributed by atoms with van der Waals surface area (Å²) >= 11 is 18.3. The number of ether oxygens (including phenoxy) is 2. The summed E-state index contributed by atoms with van der Waals surface area (Å²) in [6.45, 7) is 2.15. The van der Waals surface area contributed by atoms with Crippen LogP contribution in [0.1, 0.15) is 29.2 Å². The minimum Gasteiger partial charge on any atom is -0.508 e. The van der Waals surface area contributed by atoms with E-state index in [9.17, 15) is 14.7 Å². The third kappa shape index (κ3) is 4.94. The molecule has 1 unspecified atom stereocenters. The van der Waals surface area contributed by atoms with Gasteiger partial charge in [-0.25, -0.2) is 4.79 Å². The molecule has 30 heavy (non-hydrogen) atoms. The molecular weight excluding hydrogens is 453 g/mol. The molecule has 0 bridgehead atoms. The van der Waals surface area contributed by atoms with Gasteiger partial charge in [-0.1, -0.05) is 35.3 Å². The summed E-state index contributed by atoms with van der Waals surface area (Å²) in [5.41, 5.74) is 2.96. The Kier molecular flexibility index (Phi) is 7.34. The fourth-order valence-electron chi connectivity index (χ4n) is 3.23. The van der Waals surface area contributed by atoms with Crippen LogP contribution in [0.3, 0.4) is 0 Å². The third-order valence-electron chi connectivity index (χ3n) is 4.66. The number of carbonyl (C=O) groups excluding carboxylic acids is 2. The van der Waals surface area contributed by atoms with Gasteiger partial charge in [-0.05, 0) is 36.6 Å². The van der Waals surface area contributed by atoms with Gasteiger partial charge in [0.15, 0.2) is 6.10 Å². The van der Waals surface area contributed by atoms with Crippen molar-refractivity contribution in [1.82, 2.24) is 5.32 Å². The SMILES string of the molecule is CCOC(=O)C1Cc2cc(Cc3ccc(O)c(CNC(=O)CCl)c3)c(Cl)c(Cl)c2O1. The minimum atomic E-state index is -0.741. The van der Waals surface area contributed by atoms with Crippen LogP contribution in [0, 0.1) is 0 Å². The van der Waals surface area contributed by atoms with E-state index in [-0.39, 0.29) is 35.7 Å². The van der Waals surface area contributed by atoms with E-state index in [2.05, 4.69) is 5.32 Å². The average Bonchev–Trinajstić information content (AvgIpc) is 3.16. The molecule has 2 aromatic carbocycles. The summed E-state index contributed by atoms with van der Waals surface area (Å²) in [5.74, 6) is -0.454. The zero-order chi connectivity index (χ0) is 21.8. The van der Waals surface area contributed by atoms with E-state index in [1.54, 1.807) is 25.1 Å². The van der Waals surface area contributed by atoms with Crippen molar-refractivity contribution in [2.75, 3.05) is 12.5 Å². The van der Waals surface area contributed by atoms with Gasteiger partial charge < -0.3 is 19.9 Å². The van der Waals surface area contributed by atoms with E-state index in [0.717, 1.165) is 16.7 Å². The van der Waals surface area contributed by atoms with Crippen LogP contribution >= 0.6 is 34.8 Å². The van der Waals surface area contributed by atoms with Crippen molar-refractivity contribution in [1.29, 1.82) is 0 Å². The summed E-state index contributed by atoms with van der Waals surface area (Å²) in [6.07, 6.45) is 0.0466. The summed E-state index contributed by atoms with van der Waals surface area (Å²) in [5, 5.41) is 13.3. The number of carbonyl (C=O) groups is 2. The maximum absolute atomic E-state index is 12.0. The highest BCUT2D eigenvalue weighted by molar-refractivity contribution is 6.43. The van der Waals surface area contributed by atoms with Crippen molar-refractivity contribution in [2.24, 2.45) is 0 Å². The highest BCUT2D eigenvalue weighted by Gasteiger charge is 2.33. The maximum Gasteiger partial charge on any atom is 0.347 e. The van der Waals surface area contributed by atoms with Gasteiger partial charge in [-0.15, -0.1) is 11.6 Å². The quantitative estimate of drug-likeness (QED) is 0.470. The number of hydrogen-bond acceptors (Lipinski definition) is 5. The zero-order valence-corrected chi connectivity index (χ0v) is 18.4. The number of halogens is 3. The first-order chi connectivity index (χ1) is 14.3. The van der Waals surface area contributed by atoms with Gasteiger partial charge in [0.05, 0.1) is 11.6 Å². The smallest absolute Gasteiger partial charge is 0.347 e. The Bertz CT molecular complexity index is 980. The molecule has 0 aliphatic carbocycles. The summed E-state index contributed by atoms with van der Waals surface area (Å²) < 4.78 is 10.7. The minimum absolute atomic E-state index is 0.0670. The Morgan fingerprint density at radius 1 is 1.23 bits per heavy atom. The predicted molar refractivity (Wildman–Crippen MR) is 115 cm³/mol. The number of nitrogens with one attached hydrogen (secondary N) is 1. The Labute approximate surface area is 189 Å². The molecule has 1 amide bonds. The molecule has 0 aromatic heterocycles. The lowest BCUT2D eigenvalue weighted by Gasteiger charge is -2.13. The van der Waals surface area contributed by atoms with Crippen LogP contribution in [0.4, 0.5) is 0 Å². The van der Waals surface area contributed by atoms with E-state index in [1.165, 1.54) is 0 Å². The summed E-state index contributed by atoms with van der Waals surface area (Å²) in [6, 6.07) is 6.96. The normalized spacial score (nSPS) is 14.7. The standard InChI is InChI=1S/C21H20Cl3NO5/c1-2-29-21(28)16-8-13-7-12(18(23)19(24)20(13)30-16)5-11-3-4-15(26)14(6-11)10-25-17(27)9-22/h3-4,6-7,16,26H,2,5,8-10H2,1H3,(H,25,27). The lowest BCUT2D eigenvalue weighted by Crippen LogP contribution is -2.27. The fraction of sp³-hybridized carbons (Fsp3) is 0.333. The molecule has 0 fully saturated rings. The number of aromatic hydroxyl groups is 1. The molecule has 2 aromatic rings. The van der Waals surface area contributed by atoms with Gasteiger partial charge in [0.1, 0.15) is 22.4 Å². The number of phenolic OH excluding ortho intramolecular Hbond substituents is 1. The molecule has 160 valence electrons. The van der Waals surface area contributed by atoms with Crippen LogP contribution in [0.15, 0.2) is 24.3 Å². The molecule has 2 N–H and O–H groups in total. The van der Waals surface area contributed by atoms with Crippen molar-refractivity contribution in [2.45, 2.75) is 32.4 Å². The van der Waals surface area contributed by atoms with Gasteiger partial charge in [0.2, 0.25) is 5.91 Å². The largest absolute Gasteiger partial charge is 0.508 e. The first-order valence-corrected chi connectivity index (χ1v) is 10.6. The van der Waals surface area contributed by atoms with E-state index in [0.29, 0.717) is 29.2 Å². The van der Waals surface area contributed by atoms with Crippen LogP contribution < -0.4 is 10.1 Å². The molecule has 1 atom stereocenters. The number of phenols is 1. The van der Waals surface area contributed by atoms with Crippen molar-refractivity contribution < 1.29 is 24.2 Å². The number of fused-ring (bicyclic) bond motifs is 1. The van der Waals surface area contributed by atoms with Gasteiger partial charge >= 0.3 is 5.97 Å². The van der Waals surface area contributed by atoms with Gasteiger partial charge in [-0.2, -0.15) is 0 Å². The first kappa shape index (κ1) is 22.5. The molecule has 0 spiro atoms. The fourth-order valence-corrected chi connectivity index (χ4v) is 3.82. The number of esters is 1. The average molecular weight is 473 g/mol. The second kappa shape index (κ2) is 9.77. The Balaban J connectivity index is 1.82. The first-order valence-electron chi connectivity index (χ1n) is 9.30. The second-order valence-electron chi connectivity index (χ2n) is 6.76. The van der Waals surface area contributed by atoms with Crippen molar-refractivity contribution in [3.63, 3.8) is 0 Å². The number of alkyl halides is 1. The van der Waals surface area contributed by atoms with Crippen LogP contribution in [-0.2, 0) is 33.7 Å². The summed E-state index contributed by atoms with van der Waals surface area (Å²) in [7, 11) is 0. The Hall–Kier alpha value is -2.15. The lowest BCUT2D eigenvalue weighted by molar-refractivity contribution is -0.150. The second-order valence-corrected chi connectivity index (χ2v) is 7.79. The summed E-state index contributed by atoms with van der Waals surface area (Å²) in [4.78, 5) is 23.4. The van der Waals surface area contributed by atoms with Crippen LogP contribution in [0.25, 0.3) is 0 Å². The number of benzene rings is 2. The predicted octanol–water partition coefficient (Wildman–Crippen LogP) is 4.01. The van der Waals surface area contributed by atoms with Crippen LogP contribution in [0.2, 0.25) is 10.0 Å². The zero-order valence-electron chi connectivity index (χ0n) is 16.1. The molecule has 0 saturated heterocycles. The van der Waals surface area contributed by atoms with Crippen LogP contribution in [0.5, 0.6) is 11.5 Å². The third-order valence-corrected chi connectivity index (χ3v) is 5.80. The van der Waals surface area contributed by atoms with E-state index in [1.807, 2.05) is 6.07 Å². The van der Waals surface area contributed by atoms with Crippen molar-refractivity contribution in [3.05, 3.63) is 56.6 Å². The molecule has 0 saturated carbocycles. The number of hydrogen-bond donors (Lipinski definition) is 2. The highest BCUT2D eigenvalue weighted by Crippen LogP contribution is 2.43. The molecule has 3 rings (SSSR count). The molecule has 1 aliphatic heterocycles. The maximum atomic E-state index is 12.0. The molecule has 0 radical (unpaired) electrons. The highest BCUT2D eigenvalue weighted by atomic mass is 35.5. The molecule has 9 heteroatoms. The van der Waals surface area contributed by atoms with Crippen molar-refractivity contribution in [3.8, 4) is 11.5 Å². The Morgan fingerprint density at radius 3 is 2.70 bits per heavy atom. The number of rotatable bonds is 7. The van der Waals surface area contributed by atoms with E-state index in [4.69, 9.17) is 44.3 Å². The molecule has 6 nitrogen and oxygen atoms in total. The van der Waals surface area contributed by atoms with Gasteiger partial charge in [0.25, 0.3) is 0 Å². The topological polar surface area (TPSA) is 84.9 Å². The van der Waals surface area contributed by atoms with Crippen LogP contribution in [-0.4, -0.2) is 35.6 Å². The monoisotopic (exact) mass is 471 g/mol. The molecular formula is C21H20Cl3NO5. The molecule has 1 heterocycles. The lowest BCUT2D eigenvalue weighted by atomic mass is 9.99. The van der Waals surface area contributed by atoms with E-state index >= 15 is 0 Å². The van der Waals surface area contributed by atoms with Crippen molar-refractivity contribution >= 4 is 46.7 Å². The Morgan fingerprint density at radius 2 is 2.00 bits per heavy atom. The van der Waals surface area contributed by atoms with Gasteiger partial charge in [-0.3, -0.25) is 4.79 Å². The molecule has 1 aliphatic rings.